The number of hydrogen-bond acceptors (Lipinski definition) is 10. The molecule has 0 spiro atoms. The number of nitrogens with zero attached hydrogens (tertiary/aromatic N) is 9. The van der Waals surface area contributed by atoms with E-state index in [1.165, 1.54) is 7.94 Å². The first-order valence-corrected chi connectivity index (χ1v) is 19.3. The van der Waals surface area contributed by atoms with Crippen molar-refractivity contribution in [2.75, 3.05) is 0 Å². The van der Waals surface area contributed by atoms with Crippen LogP contribution >= 0.6 is 28.7 Å². The van der Waals surface area contributed by atoms with Crippen molar-refractivity contribution in [3.63, 3.8) is 0 Å². The van der Waals surface area contributed by atoms with Gasteiger partial charge in [-0.15, -0.1) is 0 Å². The molecule has 0 unspecified atom stereocenters. The Bertz CT molecular complexity index is 2750. The van der Waals surface area contributed by atoms with Crippen LogP contribution in [0.2, 0.25) is 0 Å². The molecule has 0 fully saturated rings. The molecule has 0 aliphatic heterocycles. The van der Waals surface area contributed by atoms with E-state index in [1.54, 1.807) is 125 Å². The van der Waals surface area contributed by atoms with Gasteiger partial charge in [-0.25, -0.2) is 24.8 Å². The minimum atomic E-state index is -3.70. The number of benzene rings is 2. The first-order chi connectivity index (χ1) is 24.9. The molecule has 18 heteroatoms. The molecule has 8 rings (SSSR count). The number of pyridine rings is 2. The predicted molar refractivity (Wildman–Crippen MR) is 207 cm³/mol. The Morgan fingerprint density at radius 3 is 1.65 bits per heavy atom. The van der Waals surface area contributed by atoms with Crippen LogP contribution in [0.15, 0.2) is 147 Å². The van der Waals surface area contributed by atoms with Gasteiger partial charge in [-0.3, -0.25) is 19.3 Å². The zero-order valence-electron chi connectivity index (χ0n) is 27.5. The van der Waals surface area contributed by atoms with E-state index in [0.717, 1.165) is 21.9 Å². The zero-order valence-corrected chi connectivity index (χ0v) is 31.6. The van der Waals surface area contributed by atoms with Gasteiger partial charge in [0.1, 0.15) is 0 Å². The maximum absolute atomic E-state index is 13.0. The average molecular weight is 814 g/mol. The molecule has 0 N–H and O–H groups in total. The quantitative estimate of drug-likeness (QED) is 0.152. The molecular formula is C34H28BBrN9O4S3. The monoisotopic (exact) mass is 812 g/mol. The van der Waals surface area contributed by atoms with Crippen molar-refractivity contribution in [1.82, 2.24) is 37.5 Å². The Kier molecular flexibility index (Phi) is 10.7. The summed E-state index contributed by atoms with van der Waals surface area (Å²) in [4.78, 5) is 9.31. The molecule has 6 heterocycles. The van der Waals surface area contributed by atoms with Gasteiger partial charge in [0.25, 0.3) is 20.0 Å². The zero-order chi connectivity index (χ0) is 37.0. The van der Waals surface area contributed by atoms with Crippen molar-refractivity contribution in [1.29, 1.82) is 0 Å². The number of hydrogen-bond donors (Lipinski definition) is 1. The molecule has 0 saturated heterocycles. The number of halogens is 1. The fraction of sp³-hybridized carbons (Fsp3) is 0.0588. The van der Waals surface area contributed by atoms with E-state index in [0.29, 0.717) is 26.9 Å². The van der Waals surface area contributed by atoms with Gasteiger partial charge in [-0.1, -0.05) is 36.4 Å². The van der Waals surface area contributed by atoms with Crippen LogP contribution in [0.1, 0.15) is 0 Å². The number of aryl methyl sites for hydroxylation is 2. The van der Waals surface area contributed by atoms with Crippen molar-refractivity contribution >= 4 is 78.2 Å². The van der Waals surface area contributed by atoms with E-state index >= 15 is 0 Å². The summed E-state index contributed by atoms with van der Waals surface area (Å²) in [5.41, 5.74) is 4.15. The van der Waals surface area contributed by atoms with E-state index in [1.807, 2.05) is 26.5 Å². The fourth-order valence-electron chi connectivity index (χ4n) is 5.30. The molecule has 0 aliphatic carbocycles. The van der Waals surface area contributed by atoms with Crippen LogP contribution in [-0.4, -0.2) is 61.9 Å². The first kappa shape index (κ1) is 36.6. The summed E-state index contributed by atoms with van der Waals surface area (Å²) in [6.07, 6.45) is 13.5. The van der Waals surface area contributed by atoms with Gasteiger partial charge in [-0.2, -0.15) is 10.2 Å². The Morgan fingerprint density at radius 1 is 0.673 bits per heavy atom. The van der Waals surface area contributed by atoms with E-state index in [2.05, 4.69) is 60.8 Å². The second-order valence-electron chi connectivity index (χ2n) is 11.2. The summed E-state index contributed by atoms with van der Waals surface area (Å²) in [5, 5.41) is 9.77. The van der Waals surface area contributed by atoms with Gasteiger partial charge in [0, 0.05) is 77.6 Å². The van der Waals surface area contributed by atoms with Crippen molar-refractivity contribution in [2.45, 2.75) is 9.79 Å². The summed E-state index contributed by atoms with van der Waals surface area (Å²) in [7, 11) is 0.633. The molecule has 13 nitrogen and oxygen atoms in total. The molecule has 1 radical (unpaired) electrons. The topological polar surface area (TPSA) is 152 Å². The van der Waals surface area contributed by atoms with Crippen LogP contribution in [-0.2, 0) is 34.1 Å². The van der Waals surface area contributed by atoms with Crippen molar-refractivity contribution < 1.29 is 16.8 Å². The second-order valence-corrected chi connectivity index (χ2v) is 15.9. The Hall–Kier alpha value is -5.17. The third-order valence-electron chi connectivity index (χ3n) is 7.75. The first-order valence-electron chi connectivity index (χ1n) is 15.2. The van der Waals surface area contributed by atoms with Crippen molar-refractivity contribution in [3.8, 4) is 22.5 Å². The molecule has 0 bridgehead atoms. The Morgan fingerprint density at radius 2 is 1.15 bits per heavy atom. The molecule has 0 aliphatic rings. The Balaban J connectivity index is 0.000000166. The molecule has 0 saturated carbocycles. The number of aromatic nitrogens is 8. The molecular weight excluding hydrogens is 785 g/mol. The van der Waals surface area contributed by atoms with Crippen molar-refractivity contribution in [3.05, 3.63) is 133 Å². The molecule has 6 aromatic heterocycles. The third kappa shape index (κ3) is 7.41. The molecule has 0 atom stereocenters. The summed E-state index contributed by atoms with van der Waals surface area (Å²) in [6.45, 7) is 0. The molecule has 8 aromatic rings. The van der Waals surface area contributed by atoms with Crippen molar-refractivity contribution in [2.24, 2.45) is 18.4 Å². The van der Waals surface area contributed by atoms with E-state index in [-0.39, 0.29) is 9.79 Å². The average Bonchev–Trinajstić information content (AvgIpc) is 3.96. The second kappa shape index (κ2) is 15.2. The maximum atomic E-state index is 13.0. The van der Waals surface area contributed by atoms with Gasteiger partial charge in [0.2, 0.25) is 0 Å². The summed E-state index contributed by atoms with van der Waals surface area (Å²) < 4.78 is 61.1. The normalized spacial score (nSPS) is 11.4. The van der Waals surface area contributed by atoms with Gasteiger partial charge in [0.05, 0.1) is 44.6 Å². The summed E-state index contributed by atoms with van der Waals surface area (Å²) >= 11 is 6.62. The summed E-state index contributed by atoms with van der Waals surface area (Å²) in [6, 6.07) is 22.0. The number of thiol groups is 1. The number of rotatable bonds is 6. The van der Waals surface area contributed by atoms with Gasteiger partial charge >= 0.3 is 24.8 Å². The number of fused-ring (bicyclic) bond motifs is 2. The Labute approximate surface area is 314 Å². The standard InChI is InChI=1S/C17H13BrN4O2S.C17H14N4O2S.BHNS/c1-21-10-12(8-20-21)16-7-17-14(9-19-16)15(18)11-22(17)25(23,24)13-5-3-2-4-6-13;1-20-12-14(11-19-20)16-9-17-13(10-18-16)7-8-21(17)24(22,23)15-5-3-2-4-6-15;1-2-3/h2-11H,1H3;2-12H,1H3;3H. The fourth-order valence-corrected chi connectivity index (χ4v) is 8.69. The minimum absolute atomic E-state index is 0.235. The van der Waals surface area contributed by atoms with Gasteiger partial charge < -0.3 is 0 Å². The van der Waals surface area contributed by atoms with Crippen LogP contribution in [0.5, 0.6) is 0 Å². The van der Waals surface area contributed by atoms with E-state index in [4.69, 9.17) is 0 Å². The molecule has 261 valence electrons. The molecule has 0 amide bonds. The summed E-state index contributed by atoms with van der Waals surface area (Å²) in [5.74, 6) is 0. The van der Waals surface area contributed by atoms with Crippen LogP contribution in [0.25, 0.3) is 44.3 Å². The van der Waals surface area contributed by atoms with Crippen LogP contribution in [0, 0.1) is 0 Å². The predicted octanol–water partition coefficient (Wildman–Crippen LogP) is 6.29. The van der Waals surface area contributed by atoms with Crippen LogP contribution < -0.4 is 0 Å². The van der Waals surface area contributed by atoms with Crippen LogP contribution in [0.4, 0.5) is 0 Å². The molecule has 2 aromatic carbocycles. The van der Waals surface area contributed by atoms with Gasteiger partial charge in [-0.05, 0) is 58.4 Å². The van der Waals surface area contributed by atoms with E-state index in [9.17, 15) is 16.8 Å². The molecule has 52 heavy (non-hydrogen) atoms. The SMILES string of the molecule is Cn1cc(-c2cc3c(ccn3S(=O)(=O)c3ccccc3)cn2)cn1.Cn1cc(-c2cc3c(cn2)c(Br)cn3S(=O)(=O)c2ccccc2)cn1.[B]=NS. The van der Waals surface area contributed by atoms with Gasteiger partial charge in [0.15, 0.2) is 0 Å². The van der Waals surface area contributed by atoms with E-state index < -0.39 is 20.0 Å². The van der Waals surface area contributed by atoms with Crippen LogP contribution in [0.3, 0.4) is 0 Å². The third-order valence-corrected chi connectivity index (χ3v) is 11.8.